The minimum absolute atomic E-state index is 0. The molecule has 216 valence electrons. The van der Waals surface area contributed by atoms with E-state index in [1.807, 2.05) is 37.3 Å². The van der Waals surface area contributed by atoms with Crippen molar-refractivity contribution in [3.05, 3.63) is 110 Å². The zero-order valence-corrected chi connectivity index (χ0v) is 26.8. The summed E-state index contributed by atoms with van der Waals surface area (Å²) in [5.74, 6) is -0.313. The molecule has 0 amide bonds. The van der Waals surface area contributed by atoms with Crippen LogP contribution in [0, 0.1) is 13.8 Å². The third-order valence-corrected chi connectivity index (χ3v) is 4.46. The smallest absolute Gasteiger partial charge is 0.338 e. The third kappa shape index (κ3) is 23.8. The maximum Gasteiger partial charge on any atom is 0.338 e. The van der Waals surface area contributed by atoms with Gasteiger partial charge >= 0.3 is 5.97 Å². The largest absolute Gasteiger partial charge is 0.499 e. The van der Waals surface area contributed by atoms with Crippen LogP contribution in [0.4, 0.5) is 0 Å². The molecule has 0 heterocycles. The summed E-state index contributed by atoms with van der Waals surface area (Å²) in [7, 11) is 0. The molecule has 0 saturated carbocycles. The molecule has 0 aliphatic rings. The number of aliphatic hydroxyl groups excluding tert-OH is 2. The number of ether oxygens (including phenoxy) is 3. The first-order valence-corrected chi connectivity index (χ1v) is 12.2. The number of aliphatic hydroxyl groups is 2. The molecule has 0 fully saturated rings. The number of esters is 1. The Balaban J connectivity index is -0.000000528. The molecule has 2 aromatic carbocycles. The van der Waals surface area contributed by atoms with E-state index in [0.717, 1.165) is 6.42 Å². The minimum atomic E-state index is -0.783. The summed E-state index contributed by atoms with van der Waals surface area (Å²) in [5, 5.41) is 16.7. The second-order valence-electron chi connectivity index (χ2n) is 7.27. The molecule has 0 saturated heterocycles. The van der Waals surface area contributed by atoms with E-state index in [2.05, 4.69) is 13.8 Å². The fourth-order valence-electron chi connectivity index (χ4n) is 2.25. The van der Waals surface area contributed by atoms with E-state index < -0.39 is 11.3 Å². The number of hydrogen-bond donors (Lipinski definition) is 2. The number of benzene rings is 2. The molecular weight excluding hydrogens is 688 g/mol. The summed E-state index contributed by atoms with van der Waals surface area (Å²) in [5.41, 5.74) is 1.10. The van der Waals surface area contributed by atoms with Crippen LogP contribution < -0.4 is 0 Å². The normalized spacial score (nSPS) is 11.3. The zero-order chi connectivity index (χ0) is 27.7. The van der Waals surface area contributed by atoms with Crippen LogP contribution in [0.5, 0.6) is 0 Å². The molecule has 2 rings (SSSR count). The van der Waals surface area contributed by atoms with Gasteiger partial charge in [-0.05, 0) is 30.2 Å². The molecule has 0 aromatic heterocycles. The SMILES string of the molecule is O=C(Cl)c1ccccc1.[CH2-]C/C=C\OC[C@@H](CC)OC(=O)c1ccccc1.[CH2-]C/C=C\OC[C@H](O)CO.[Mo].[Mo]. The topological polar surface area (TPSA) is 102 Å². The molecule has 2 atom stereocenters. The van der Waals surface area contributed by atoms with Gasteiger partial charge in [-0.25, -0.2) is 4.79 Å². The van der Waals surface area contributed by atoms with E-state index in [1.165, 1.54) is 6.26 Å². The first kappa shape index (κ1) is 41.7. The van der Waals surface area contributed by atoms with Gasteiger partial charge in [0, 0.05) is 47.7 Å². The van der Waals surface area contributed by atoms with E-state index in [4.69, 9.17) is 36.0 Å². The molecule has 0 radical (unpaired) electrons. The van der Waals surface area contributed by atoms with Crippen LogP contribution in [0.2, 0.25) is 0 Å². The molecule has 7 nitrogen and oxygen atoms in total. The van der Waals surface area contributed by atoms with Gasteiger partial charge in [0.15, 0.2) is 0 Å². The van der Waals surface area contributed by atoms with Crippen molar-refractivity contribution in [1.29, 1.82) is 0 Å². The van der Waals surface area contributed by atoms with Gasteiger partial charge in [0.1, 0.15) is 25.4 Å². The molecule has 0 aliphatic carbocycles. The van der Waals surface area contributed by atoms with Crippen LogP contribution >= 0.6 is 11.6 Å². The number of allylic oxidation sites excluding steroid dienone is 2. The van der Waals surface area contributed by atoms with Gasteiger partial charge in [-0.3, -0.25) is 4.79 Å². The van der Waals surface area contributed by atoms with Gasteiger partial charge in [-0.2, -0.15) is 12.8 Å². The summed E-state index contributed by atoms with van der Waals surface area (Å²) >= 11 is 5.16. The average Bonchev–Trinajstić information content (AvgIpc) is 2.94. The number of hydrogen-bond acceptors (Lipinski definition) is 7. The summed E-state index contributed by atoms with van der Waals surface area (Å²) < 4.78 is 15.4. The molecule has 2 aromatic rings. The van der Waals surface area contributed by atoms with Gasteiger partial charge in [-0.1, -0.05) is 67.6 Å². The number of carbonyl (C=O) groups excluding carboxylic acids is 2. The molecule has 0 aliphatic heterocycles. The van der Waals surface area contributed by atoms with Crippen LogP contribution in [0.1, 0.15) is 46.9 Å². The fourth-order valence-corrected chi connectivity index (χ4v) is 2.38. The van der Waals surface area contributed by atoms with Crippen molar-refractivity contribution in [3.63, 3.8) is 0 Å². The van der Waals surface area contributed by atoms with Gasteiger partial charge in [0.05, 0.1) is 24.7 Å². The van der Waals surface area contributed by atoms with Crippen LogP contribution in [-0.4, -0.2) is 53.5 Å². The Bertz CT molecular complexity index is 897. The number of halogens is 1. The van der Waals surface area contributed by atoms with Crippen LogP contribution in [0.25, 0.3) is 0 Å². The van der Waals surface area contributed by atoms with E-state index in [9.17, 15) is 9.59 Å². The van der Waals surface area contributed by atoms with Gasteiger partial charge < -0.3 is 38.3 Å². The quantitative estimate of drug-likeness (QED) is 0.0922. The fraction of sp³-hybridized carbons (Fsp3) is 0.310. The van der Waals surface area contributed by atoms with Crippen molar-refractivity contribution in [3.8, 4) is 0 Å². The Kier molecular flexibility index (Phi) is 31.3. The summed E-state index contributed by atoms with van der Waals surface area (Å²) in [6, 6.07) is 17.7. The molecule has 10 heteroatoms. The molecule has 0 unspecified atom stereocenters. The van der Waals surface area contributed by atoms with Crippen LogP contribution in [-0.2, 0) is 56.3 Å². The first-order valence-electron chi connectivity index (χ1n) is 11.8. The Morgan fingerprint density at radius 1 is 0.872 bits per heavy atom. The van der Waals surface area contributed by atoms with E-state index in [0.29, 0.717) is 30.6 Å². The maximum absolute atomic E-state index is 11.8. The first-order chi connectivity index (χ1) is 17.9. The van der Waals surface area contributed by atoms with Crippen molar-refractivity contribution >= 4 is 22.8 Å². The Morgan fingerprint density at radius 2 is 1.33 bits per heavy atom. The Hall–Kier alpha value is -1.75. The predicted molar refractivity (Wildman–Crippen MR) is 146 cm³/mol. The number of carbonyl (C=O) groups is 2. The van der Waals surface area contributed by atoms with Crippen molar-refractivity contribution in [2.24, 2.45) is 0 Å². The van der Waals surface area contributed by atoms with Gasteiger partial charge in [0.2, 0.25) is 0 Å². The second-order valence-corrected chi connectivity index (χ2v) is 7.61. The zero-order valence-electron chi connectivity index (χ0n) is 22.0. The molecule has 39 heavy (non-hydrogen) atoms. The van der Waals surface area contributed by atoms with E-state index in [-0.39, 0.29) is 67.4 Å². The van der Waals surface area contributed by atoms with Crippen molar-refractivity contribution in [1.82, 2.24) is 0 Å². The van der Waals surface area contributed by atoms with E-state index in [1.54, 1.807) is 48.7 Å². The van der Waals surface area contributed by atoms with Crippen LogP contribution in [0.15, 0.2) is 85.3 Å². The van der Waals surface area contributed by atoms with Crippen LogP contribution in [0.3, 0.4) is 0 Å². The standard InChI is InChI=1S/C15H19O3.C7H5ClO.C7H13O3.2Mo/c1-3-5-11-17-12-14(4-2)18-15(16)13-9-7-6-8-10-13;8-7(9)6-4-2-1-3-5-6;1-2-3-4-10-6-7(9)5-8;;/h5-11,14H,1,3-4,12H2,2H3;1-5H;3-4,7-9H,1-2,5-6H2;;/q-1;;-1;;/b11-5-;;4-3-;;/t14-;;7-;;/m1.1../s1. The summed E-state index contributed by atoms with van der Waals surface area (Å²) in [4.78, 5) is 22.2. The van der Waals surface area contributed by atoms with Gasteiger partial charge in [-0.15, -0.1) is 0 Å². The molecule has 0 bridgehead atoms. The van der Waals surface area contributed by atoms with Crippen molar-refractivity contribution in [2.75, 3.05) is 19.8 Å². The average molecular weight is 725 g/mol. The second kappa shape index (κ2) is 29.2. The molecule has 2 N–H and O–H groups in total. The monoisotopic (exact) mass is 728 g/mol. The van der Waals surface area contributed by atoms with Gasteiger partial charge in [0.25, 0.3) is 5.24 Å². The third-order valence-electron chi connectivity index (χ3n) is 4.24. The Morgan fingerprint density at radius 3 is 1.72 bits per heavy atom. The van der Waals surface area contributed by atoms with Crippen molar-refractivity contribution in [2.45, 2.75) is 38.4 Å². The maximum atomic E-state index is 11.8. The van der Waals surface area contributed by atoms with E-state index >= 15 is 0 Å². The molecular formula is C29H37ClMo2O7-2. The molecule has 0 spiro atoms. The summed E-state index contributed by atoms with van der Waals surface area (Å²) in [6.45, 7) is 9.39. The summed E-state index contributed by atoms with van der Waals surface area (Å²) in [6.07, 6.45) is 7.64. The Labute approximate surface area is 266 Å². The predicted octanol–water partition coefficient (Wildman–Crippen LogP) is 5.53. The minimum Gasteiger partial charge on any atom is -0.499 e. The van der Waals surface area contributed by atoms with Crippen molar-refractivity contribution < 1.29 is 76.1 Å². The number of rotatable bonds is 13.